The van der Waals surface area contributed by atoms with E-state index in [-0.39, 0.29) is 0 Å². The maximum atomic E-state index is 6.55. The monoisotopic (exact) mass is 644 g/mol. The maximum Gasteiger partial charge on any atom is 0.136 e. The van der Waals surface area contributed by atoms with Crippen molar-refractivity contribution in [3.8, 4) is 22.3 Å². The van der Waals surface area contributed by atoms with Crippen LogP contribution in [-0.2, 0) is 6.42 Å². The van der Waals surface area contributed by atoms with Crippen LogP contribution in [0.3, 0.4) is 0 Å². The molecule has 9 rings (SSSR count). The number of hydrogen-bond donors (Lipinski definition) is 1. The summed E-state index contributed by atoms with van der Waals surface area (Å²) in [5, 5.41) is 4.53. The highest BCUT2D eigenvalue weighted by molar-refractivity contribution is 6.07. The van der Waals surface area contributed by atoms with Crippen molar-refractivity contribution in [2.45, 2.75) is 6.42 Å². The Hall–Kier alpha value is -6.65. The molecule has 2 N–H and O–H groups in total. The van der Waals surface area contributed by atoms with Gasteiger partial charge in [-0.3, -0.25) is 0 Å². The van der Waals surface area contributed by atoms with Gasteiger partial charge in [-0.15, -0.1) is 0 Å². The Labute approximate surface area is 289 Å². The van der Waals surface area contributed by atoms with E-state index in [1.165, 1.54) is 5.56 Å². The summed E-state index contributed by atoms with van der Waals surface area (Å²) in [7, 11) is 0. The van der Waals surface area contributed by atoms with Crippen molar-refractivity contribution in [1.82, 2.24) is 0 Å². The SMILES string of the molecule is NC(=N/C(=C\Cc1ccc(-c2ccc3c(c2)oc2ccccc23)cc1)c1ccc(-c2ccc3c(c2)oc2ccccc23)cc1)c1ccccc1. The minimum Gasteiger partial charge on any atom is -0.456 e. The molecule has 0 spiro atoms. The Kier molecular flexibility index (Phi) is 7.33. The number of rotatable bonds is 7. The van der Waals surface area contributed by atoms with Gasteiger partial charge in [-0.1, -0.05) is 133 Å². The summed E-state index contributed by atoms with van der Waals surface area (Å²) in [5.74, 6) is 0.479. The van der Waals surface area contributed by atoms with Crippen LogP contribution < -0.4 is 5.73 Å². The first kappa shape index (κ1) is 29.5. The first-order chi connectivity index (χ1) is 24.7. The maximum absolute atomic E-state index is 6.55. The highest BCUT2D eigenvalue weighted by atomic mass is 16.3. The van der Waals surface area contributed by atoms with Gasteiger partial charge in [-0.2, -0.15) is 0 Å². The third-order valence-corrected chi connectivity index (χ3v) is 9.40. The highest BCUT2D eigenvalue weighted by Gasteiger charge is 2.11. The number of allylic oxidation sites excluding steroid dienone is 1. The Balaban J connectivity index is 1.01. The molecule has 0 aliphatic carbocycles. The summed E-state index contributed by atoms with van der Waals surface area (Å²) in [4.78, 5) is 4.94. The molecule has 238 valence electrons. The molecule has 4 heteroatoms. The van der Waals surface area contributed by atoms with Crippen LogP contribution in [-0.4, -0.2) is 5.84 Å². The molecule has 0 unspecified atom stereocenters. The second-order valence-corrected chi connectivity index (χ2v) is 12.5. The number of benzene rings is 7. The number of nitrogens with two attached hydrogens (primary N) is 1. The van der Waals surface area contributed by atoms with E-state index in [0.717, 1.165) is 83.0 Å². The summed E-state index contributed by atoms with van der Waals surface area (Å²) in [6.45, 7) is 0. The number of nitrogens with zero attached hydrogens (tertiary/aromatic N) is 1. The van der Waals surface area contributed by atoms with Crippen molar-refractivity contribution in [2.24, 2.45) is 10.7 Å². The van der Waals surface area contributed by atoms with Crippen LogP contribution in [0.25, 0.3) is 71.8 Å². The smallest absolute Gasteiger partial charge is 0.136 e. The quantitative estimate of drug-likeness (QED) is 0.139. The number of furan rings is 2. The number of amidine groups is 1. The molecule has 0 saturated heterocycles. The minimum absolute atomic E-state index is 0.479. The third-order valence-electron chi connectivity index (χ3n) is 9.40. The minimum atomic E-state index is 0.479. The zero-order valence-electron chi connectivity index (χ0n) is 27.2. The molecule has 0 aliphatic heterocycles. The molecule has 0 bridgehead atoms. The summed E-state index contributed by atoms with van der Waals surface area (Å²) in [5.41, 5.74) is 18.5. The van der Waals surface area contributed by atoms with Gasteiger partial charge >= 0.3 is 0 Å². The van der Waals surface area contributed by atoms with Crippen LogP contribution in [0.2, 0.25) is 0 Å². The first-order valence-electron chi connectivity index (χ1n) is 16.8. The molecule has 2 heterocycles. The molecule has 0 atom stereocenters. The van der Waals surface area contributed by atoms with Gasteiger partial charge in [0.05, 0.1) is 5.70 Å². The van der Waals surface area contributed by atoms with Crippen molar-refractivity contribution in [1.29, 1.82) is 0 Å². The van der Waals surface area contributed by atoms with E-state index in [1.54, 1.807) is 0 Å². The van der Waals surface area contributed by atoms with Crippen LogP contribution in [0.4, 0.5) is 0 Å². The van der Waals surface area contributed by atoms with Crippen LogP contribution in [0, 0.1) is 0 Å². The zero-order chi connectivity index (χ0) is 33.4. The van der Waals surface area contributed by atoms with Crippen LogP contribution in [0.15, 0.2) is 184 Å². The van der Waals surface area contributed by atoms with E-state index in [1.807, 2.05) is 66.7 Å². The summed E-state index contributed by atoms with van der Waals surface area (Å²) in [6, 6.07) is 56.2. The highest BCUT2D eigenvalue weighted by Crippen LogP contribution is 2.34. The number of hydrogen-bond acceptors (Lipinski definition) is 3. The van der Waals surface area contributed by atoms with Crippen molar-refractivity contribution in [3.05, 3.63) is 187 Å². The topological polar surface area (TPSA) is 64.7 Å². The lowest BCUT2D eigenvalue weighted by Gasteiger charge is -2.09. The van der Waals surface area contributed by atoms with Gasteiger partial charge in [0.1, 0.15) is 28.2 Å². The van der Waals surface area contributed by atoms with E-state index in [2.05, 4.69) is 103 Å². The van der Waals surface area contributed by atoms with Gasteiger partial charge in [-0.25, -0.2) is 4.99 Å². The fourth-order valence-electron chi connectivity index (χ4n) is 6.72. The zero-order valence-corrected chi connectivity index (χ0v) is 27.2. The predicted octanol–water partition coefficient (Wildman–Crippen LogP) is 11.8. The van der Waals surface area contributed by atoms with Gasteiger partial charge in [0, 0.05) is 27.1 Å². The Morgan fingerprint density at radius 3 is 1.52 bits per heavy atom. The number of aliphatic imine (C=N–C) groups is 1. The van der Waals surface area contributed by atoms with Crippen molar-refractivity contribution >= 4 is 55.4 Å². The average molecular weight is 645 g/mol. The molecule has 0 radical (unpaired) electrons. The van der Waals surface area contributed by atoms with Crippen LogP contribution in [0.5, 0.6) is 0 Å². The average Bonchev–Trinajstić information content (AvgIpc) is 3.74. The van der Waals surface area contributed by atoms with E-state index in [4.69, 9.17) is 19.6 Å². The van der Waals surface area contributed by atoms with Crippen molar-refractivity contribution < 1.29 is 8.83 Å². The molecule has 0 aliphatic rings. The van der Waals surface area contributed by atoms with E-state index in [0.29, 0.717) is 12.3 Å². The first-order valence-corrected chi connectivity index (χ1v) is 16.8. The largest absolute Gasteiger partial charge is 0.456 e. The summed E-state index contributed by atoms with van der Waals surface area (Å²) >= 11 is 0. The van der Waals surface area contributed by atoms with Gasteiger partial charge in [-0.05, 0) is 76.2 Å². The molecule has 50 heavy (non-hydrogen) atoms. The molecule has 0 saturated carbocycles. The molecule has 4 nitrogen and oxygen atoms in total. The predicted molar refractivity (Wildman–Crippen MR) is 207 cm³/mol. The molecule has 7 aromatic carbocycles. The molecule has 0 amide bonds. The lowest BCUT2D eigenvalue weighted by atomic mass is 9.99. The van der Waals surface area contributed by atoms with E-state index < -0.39 is 0 Å². The molecule has 2 aromatic heterocycles. The lowest BCUT2D eigenvalue weighted by molar-refractivity contribution is 0.668. The van der Waals surface area contributed by atoms with Crippen LogP contribution >= 0.6 is 0 Å². The second-order valence-electron chi connectivity index (χ2n) is 12.5. The molecular weight excluding hydrogens is 613 g/mol. The van der Waals surface area contributed by atoms with Crippen molar-refractivity contribution in [2.75, 3.05) is 0 Å². The second kappa shape index (κ2) is 12.4. The fraction of sp³-hybridized carbons (Fsp3) is 0.0217. The Morgan fingerprint density at radius 2 is 0.940 bits per heavy atom. The van der Waals surface area contributed by atoms with Gasteiger partial charge in [0.15, 0.2) is 0 Å². The fourth-order valence-corrected chi connectivity index (χ4v) is 6.72. The number of fused-ring (bicyclic) bond motifs is 6. The molecule has 0 fully saturated rings. The van der Waals surface area contributed by atoms with Gasteiger partial charge in [0.25, 0.3) is 0 Å². The Bertz CT molecular complexity index is 2710. The number of para-hydroxylation sites is 2. The van der Waals surface area contributed by atoms with Crippen molar-refractivity contribution in [3.63, 3.8) is 0 Å². The Morgan fingerprint density at radius 1 is 0.460 bits per heavy atom. The van der Waals surface area contributed by atoms with E-state index in [9.17, 15) is 0 Å². The lowest BCUT2D eigenvalue weighted by Crippen LogP contribution is -2.13. The van der Waals surface area contributed by atoms with Gasteiger partial charge in [0.2, 0.25) is 0 Å². The summed E-state index contributed by atoms with van der Waals surface area (Å²) in [6.07, 6.45) is 2.86. The van der Waals surface area contributed by atoms with E-state index >= 15 is 0 Å². The van der Waals surface area contributed by atoms with Crippen LogP contribution in [0.1, 0.15) is 16.7 Å². The third kappa shape index (κ3) is 5.53. The normalized spacial score (nSPS) is 12.4. The molecule has 9 aromatic rings. The summed E-state index contributed by atoms with van der Waals surface area (Å²) < 4.78 is 12.3. The standard InChI is InChI=1S/C46H32N2O2/c47-46(34-8-2-1-3-9-34)48-41(33-21-19-32(20-22-33)36-24-26-40-38-11-5-7-13-43(38)50-45(40)29-36)27-16-30-14-17-31(18-15-30)35-23-25-39-37-10-4-6-12-42(37)49-44(39)28-35/h1-15,17-29H,16H2,(H2,47,48)/b41-27-. The van der Waals surface area contributed by atoms with Gasteiger partial charge < -0.3 is 14.6 Å². The molecular formula is C46H32N2O2.